The van der Waals surface area contributed by atoms with E-state index in [2.05, 4.69) is 24.5 Å². The van der Waals surface area contributed by atoms with Gasteiger partial charge >= 0.3 is 5.97 Å². The average Bonchev–Trinajstić information content (AvgIpc) is 3.29. The van der Waals surface area contributed by atoms with Crippen molar-refractivity contribution in [3.63, 3.8) is 0 Å². The molecule has 0 aromatic rings. The molecule has 2 heterocycles. The van der Waals surface area contributed by atoms with Crippen LogP contribution in [0.1, 0.15) is 47.0 Å². The average molecular weight is 469 g/mol. The Morgan fingerprint density at radius 2 is 1.88 bits per heavy atom. The van der Waals surface area contributed by atoms with Gasteiger partial charge in [0.2, 0.25) is 16.9 Å². The van der Waals surface area contributed by atoms with Gasteiger partial charge in [-0.3, -0.25) is 19.2 Å². The van der Waals surface area contributed by atoms with Gasteiger partial charge in [-0.25, -0.2) is 0 Å². The van der Waals surface area contributed by atoms with E-state index in [-0.39, 0.29) is 59.2 Å². The van der Waals surface area contributed by atoms with Crippen molar-refractivity contribution in [1.82, 2.24) is 10.6 Å². The molecule has 3 aliphatic rings. The topological polar surface area (TPSA) is 120 Å². The molecule has 0 aromatic carbocycles. The molecule has 1 aliphatic carbocycles. The molecule has 0 radical (unpaired) electrons. The number of nitrogens with one attached hydrogen (secondary N) is 2. The Morgan fingerprint density at radius 3 is 2.56 bits per heavy atom. The maximum atomic E-state index is 12.6. The molecular formula is C22H32N2O7S. The molecule has 1 saturated carbocycles. The van der Waals surface area contributed by atoms with Crippen molar-refractivity contribution >= 4 is 34.7 Å². The van der Waals surface area contributed by atoms with E-state index in [0.29, 0.717) is 37.5 Å². The largest absolute Gasteiger partial charge is 0.431 e. The number of cyclic esters (lactones) is 1. The summed E-state index contributed by atoms with van der Waals surface area (Å²) in [7, 11) is 0. The number of ether oxygens (including phenoxy) is 3. The summed E-state index contributed by atoms with van der Waals surface area (Å²) in [4.78, 5) is 47.4. The molecule has 2 saturated heterocycles. The van der Waals surface area contributed by atoms with E-state index in [9.17, 15) is 19.2 Å². The van der Waals surface area contributed by atoms with Gasteiger partial charge in [-0.2, -0.15) is 0 Å². The van der Waals surface area contributed by atoms with E-state index < -0.39 is 5.79 Å². The molecule has 2 amide bonds. The number of thioether (sulfide) groups is 1. The Bertz CT molecular complexity index is 808. The standard InChI is InChI=1S/C22H32N2O7S/c1-21(2)12-29-22(3,4)31-19-17(18(19)21)20(28)24-8-7-14(25)23-9-10-32-16(27)11-13-5-6-15(26)30-13/h11,17-19H,5-10,12H2,1-4H3,(H,23,25)(H,24,28)/b13-11+/t17-,18?,19?/m0/s1. The fourth-order valence-electron chi connectivity index (χ4n) is 4.09. The maximum absolute atomic E-state index is 12.6. The lowest BCUT2D eigenvalue weighted by molar-refractivity contribution is -0.219. The van der Waals surface area contributed by atoms with Gasteiger partial charge in [-0.15, -0.1) is 0 Å². The van der Waals surface area contributed by atoms with Gasteiger partial charge in [0, 0.05) is 43.7 Å². The Morgan fingerprint density at radius 1 is 1.12 bits per heavy atom. The highest BCUT2D eigenvalue weighted by molar-refractivity contribution is 8.14. The van der Waals surface area contributed by atoms with Crippen LogP contribution in [0, 0.1) is 17.3 Å². The smallest absolute Gasteiger partial charge is 0.311 e. The highest BCUT2D eigenvalue weighted by Gasteiger charge is 2.65. The van der Waals surface area contributed by atoms with E-state index in [1.807, 2.05) is 13.8 Å². The van der Waals surface area contributed by atoms with Gasteiger partial charge in [0.15, 0.2) is 5.79 Å². The van der Waals surface area contributed by atoms with E-state index >= 15 is 0 Å². The quantitative estimate of drug-likeness (QED) is 0.313. The summed E-state index contributed by atoms with van der Waals surface area (Å²) in [5, 5.41) is 5.36. The van der Waals surface area contributed by atoms with Crippen LogP contribution in [-0.2, 0) is 33.4 Å². The second-order valence-electron chi connectivity index (χ2n) is 9.45. The lowest BCUT2D eigenvalue weighted by Gasteiger charge is -2.28. The zero-order valence-corrected chi connectivity index (χ0v) is 19.8. The SMILES string of the molecule is CC1(C)OCC(C)(C)C2C(O1)[C@H]2C(=O)NCCC(=O)NCCSC(=O)/C=C1\CCC(=O)O1. The number of hydrogen-bond donors (Lipinski definition) is 2. The van der Waals surface area contributed by atoms with Gasteiger partial charge < -0.3 is 24.8 Å². The highest BCUT2D eigenvalue weighted by atomic mass is 32.2. The van der Waals surface area contributed by atoms with Gasteiger partial charge in [-0.1, -0.05) is 25.6 Å². The maximum Gasteiger partial charge on any atom is 0.311 e. The molecule has 0 bridgehead atoms. The minimum absolute atomic E-state index is 0.0929. The fourth-order valence-corrected chi connectivity index (χ4v) is 4.71. The number of hydrogen-bond acceptors (Lipinski definition) is 8. The van der Waals surface area contributed by atoms with Gasteiger partial charge in [-0.05, 0) is 19.3 Å². The first-order chi connectivity index (χ1) is 15.0. The van der Waals surface area contributed by atoms with Gasteiger partial charge in [0.1, 0.15) is 5.76 Å². The number of carbonyl (C=O) groups is 4. The zero-order chi connectivity index (χ0) is 23.5. The van der Waals surface area contributed by atoms with E-state index in [4.69, 9.17) is 14.2 Å². The van der Waals surface area contributed by atoms with E-state index in [1.54, 1.807) is 0 Å². The Labute approximate surface area is 192 Å². The molecule has 178 valence electrons. The Hall–Kier alpha value is -1.91. The van der Waals surface area contributed by atoms with Crippen LogP contribution in [0.2, 0.25) is 0 Å². The lowest BCUT2D eigenvalue weighted by Crippen LogP contribution is -2.36. The number of allylic oxidation sites excluding steroid dienone is 1. The van der Waals surface area contributed by atoms with Crippen LogP contribution in [0.15, 0.2) is 11.8 Å². The summed E-state index contributed by atoms with van der Waals surface area (Å²) in [5.74, 6) is -0.671. The molecule has 0 spiro atoms. The molecule has 10 heteroatoms. The molecule has 3 fully saturated rings. The summed E-state index contributed by atoms with van der Waals surface area (Å²) >= 11 is 1.04. The van der Waals surface area contributed by atoms with E-state index in [1.165, 1.54) is 6.08 Å². The minimum atomic E-state index is -0.719. The van der Waals surface area contributed by atoms with Crippen molar-refractivity contribution in [2.45, 2.75) is 58.8 Å². The molecule has 0 aromatic heterocycles. The number of amides is 2. The Balaban J connectivity index is 1.30. The summed E-state index contributed by atoms with van der Waals surface area (Å²) in [6.45, 7) is 8.96. The first kappa shape index (κ1) is 24.7. The van der Waals surface area contributed by atoms with Crippen molar-refractivity contribution < 1.29 is 33.4 Å². The van der Waals surface area contributed by atoms with Gasteiger partial charge in [0.25, 0.3) is 0 Å². The Kier molecular flexibility index (Phi) is 7.67. The van der Waals surface area contributed by atoms with Crippen LogP contribution in [0.5, 0.6) is 0 Å². The number of fused-ring (bicyclic) bond motifs is 1. The zero-order valence-electron chi connectivity index (χ0n) is 19.0. The van der Waals surface area contributed by atoms with Crippen LogP contribution in [0.4, 0.5) is 0 Å². The molecular weight excluding hydrogens is 436 g/mol. The third-order valence-corrected chi connectivity index (χ3v) is 6.60. The van der Waals surface area contributed by atoms with Crippen LogP contribution in [-0.4, -0.2) is 60.2 Å². The fraction of sp³-hybridized carbons (Fsp3) is 0.727. The second-order valence-corrected chi connectivity index (χ2v) is 10.6. The third kappa shape index (κ3) is 6.55. The molecule has 3 rings (SSSR count). The van der Waals surface area contributed by atoms with Crippen LogP contribution >= 0.6 is 11.8 Å². The van der Waals surface area contributed by atoms with Crippen molar-refractivity contribution in [3.8, 4) is 0 Å². The van der Waals surface area contributed by atoms with Crippen molar-refractivity contribution in [1.29, 1.82) is 0 Å². The predicted octanol–water partition coefficient (Wildman–Crippen LogP) is 1.51. The summed E-state index contributed by atoms with van der Waals surface area (Å²) in [6.07, 6.45) is 2.06. The van der Waals surface area contributed by atoms with Crippen LogP contribution in [0.3, 0.4) is 0 Å². The van der Waals surface area contributed by atoms with Gasteiger partial charge in [0.05, 0.1) is 25.0 Å². The normalized spacial score (nSPS) is 28.9. The first-order valence-corrected chi connectivity index (χ1v) is 11.9. The summed E-state index contributed by atoms with van der Waals surface area (Å²) < 4.78 is 16.7. The summed E-state index contributed by atoms with van der Waals surface area (Å²) in [6, 6.07) is 0. The molecule has 2 N–H and O–H groups in total. The molecule has 2 unspecified atom stereocenters. The van der Waals surface area contributed by atoms with Crippen LogP contribution < -0.4 is 10.6 Å². The number of esters is 1. The molecule has 32 heavy (non-hydrogen) atoms. The molecule has 3 atom stereocenters. The lowest BCUT2D eigenvalue weighted by atomic mass is 9.87. The monoisotopic (exact) mass is 468 g/mol. The van der Waals surface area contributed by atoms with Crippen molar-refractivity contribution in [2.75, 3.05) is 25.4 Å². The van der Waals surface area contributed by atoms with E-state index in [0.717, 1.165) is 11.8 Å². The number of carbonyl (C=O) groups excluding carboxylic acids is 4. The van der Waals surface area contributed by atoms with Crippen molar-refractivity contribution in [3.05, 3.63) is 11.8 Å². The molecule has 2 aliphatic heterocycles. The second kappa shape index (κ2) is 9.93. The van der Waals surface area contributed by atoms with Crippen LogP contribution in [0.25, 0.3) is 0 Å². The third-order valence-electron chi connectivity index (χ3n) is 5.79. The predicted molar refractivity (Wildman–Crippen MR) is 117 cm³/mol. The minimum Gasteiger partial charge on any atom is -0.431 e. The summed E-state index contributed by atoms with van der Waals surface area (Å²) in [5.41, 5.74) is -0.164. The highest BCUT2D eigenvalue weighted by Crippen LogP contribution is 2.56. The molecule has 9 nitrogen and oxygen atoms in total. The van der Waals surface area contributed by atoms with Crippen molar-refractivity contribution in [2.24, 2.45) is 17.3 Å². The number of rotatable bonds is 8. The first-order valence-electron chi connectivity index (χ1n) is 10.9.